The first-order valence-electron chi connectivity index (χ1n) is 11.0. The van der Waals surface area contributed by atoms with E-state index in [1.54, 1.807) is 6.08 Å². The molecule has 1 unspecified atom stereocenters. The molecular formula is C22H35N7O2. The van der Waals surface area contributed by atoms with Gasteiger partial charge >= 0.3 is 0 Å². The predicted molar refractivity (Wildman–Crippen MR) is 123 cm³/mol. The van der Waals surface area contributed by atoms with Gasteiger partial charge in [0.1, 0.15) is 5.82 Å². The summed E-state index contributed by atoms with van der Waals surface area (Å²) in [7, 11) is 0. The van der Waals surface area contributed by atoms with Crippen LogP contribution in [0.15, 0.2) is 25.0 Å². The van der Waals surface area contributed by atoms with Crippen molar-refractivity contribution in [3.8, 4) is 0 Å². The van der Waals surface area contributed by atoms with Crippen LogP contribution in [-0.2, 0) is 4.74 Å². The smallest absolute Gasteiger partial charge is 0.225 e. The minimum atomic E-state index is -0.593. The number of ether oxygens (including phenoxy) is 1. The molecule has 3 N–H and O–H groups in total. The highest BCUT2D eigenvalue weighted by molar-refractivity contribution is 5.59. The number of aliphatic hydroxyl groups is 1. The molecule has 0 spiro atoms. The largest absolute Gasteiger partial charge is 0.462 e. The molecule has 0 aromatic carbocycles. The Morgan fingerprint density at radius 1 is 1.32 bits per heavy atom. The summed E-state index contributed by atoms with van der Waals surface area (Å²) >= 11 is 0. The van der Waals surface area contributed by atoms with Crippen molar-refractivity contribution in [2.24, 2.45) is 5.92 Å². The number of nitrogen functional groups attached to an aromatic ring is 1. The number of aromatic nitrogens is 4. The molecule has 3 rings (SSSR count). The monoisotopic (exact) mass is 429 g/mol. The average molecular weight is 430 g/mol. The van der Waals surface area contributed by atoms with E-state index in [0.29, 0.717) is 17.2 Å². The number of anilines is 2. The second kappa shape index (κ2) is 9.65. The zero-order valence-corrected chi connectivity index (χ0v) is 19.1. The fourth-order valence-electron chi connectivity index (χ4n) is 3.81. The van der Waals surface area contributed by atoms with Gasteiger partial charge in [0.2, 0.25) is 11.8 Å². The van der Waals surface area contributed by atoms with Gasteiger partial charge in [-0.2, -0.15) is 9.50 Å². The van der Waals surface area contributed by atoms with Crippen molar-refractivity contribution in [1.29, 1.82) is 0 Å². The second-order valence-corrected chi connectivity index (χ2v) is 8.38. The molecule has 1 aliphatic rings. The number of nitrogens with zero attached hydrogens (tertiary/aromatic N) is 6. The maximum absolute atomic E-state index is 10.8. The summed E-state index contributed by atoms with van der Waals surface area (Å²) in [5, 5.41) is 15.1. The fourth-order valence-corrected chi connectivity index (χ4v) is 3.81. The normalized spacial score (nSPS) is 17.5. The molecule has 1 saturated heterocycles. The van der Waals surface area contributed by atoms with Gasteiger partial charge in [-0.15, -0.1) is 5.10 Å². The van der Waals surface area contributed by atoms with Crippen molar-refractivity contribution >= 4 is 23.2 Å². The van der Waals surface area contributed by atoms with E-state index >= 15 is 0 Å². The molecule has 3 heterocycles. The van der Waals surface area contributed by atoms with E-state index in [-0.39, 0.29) is 11.9 Å². The number of hydrogen-bond donors (Lipinski definition) is 2. The summed E-state index contributed by atoms with van der Waals surface area (Å²) < 4.78 is 6.86. The van der Waals surface area contributed by atoms with E-state index in [4.69, 9.17) is 10.5 Å². The lowest BCUT2D eigenvalue weighted by molar-refractivity contribution is -0.0241. The van der Waals surface area contributed by atoms with Gasteiger partial charge in [-0.05, 0) is 25.7 Å². The van der Waals surface area contributed by atoms with Crippen LogP contribution in [0.5, 0.6) is 0 Å². The molecule has 9 heteroatoms. The number of rotatable bonds is 9. The van der Waals surface area contributed by atoms with Crippen LogP contribution in [0.4, 0.5) is 11.8 Å². The Labute approximate surface area is 184 Å². The molecule has 2 aromatic heterocycles. The van der Waals surface area contributed by atoms with Crippen molar-refractivity contribution in [2.45, 2.75) is 46.1 Å². The van der Waals surface area contributed by atoms with Crippen molar-refractivity contribution in [2.75, 3.05) is 43.4 Å². The number of hydrogen-bond acceptors (Lipinski definition) is 8. The van der Waals surface area contributed by atoms with Crippen molar-refractivity contribution < 1.29 is 9.84 Å². The van der Waals surface area contributed by atoms with E-state index in [1.165, 1.54) is 10.8 Å². The van der Waals surface area contributed by atoms with E-state index in [1.807, 2.05) is 13.0 Å². The second-order valence-electron chi connectivity index (χ2n) is 8.38. The van der Waals surface area contributed by atoms with E-state index in [2.05, 4.69) is 52.2 Å². The highest BCUT2D eigenvalue weighted by Gasteiger charge is 2.30. The third-order valence-corrected chi connectivity index (χ3v) is 6.18. The highest BCUT2D eigenvalue weighted by atomic mass is 16.5. The SMILES string of the molecule is C=C(O/C=C\C)c1nc2cc(N3CCN(CCC(O)(CC)C(C)C)CC3)nc(N)n2n1. The van der Waals surface area contributed by atoms with Crippen molar-refractivity contribution in [1.82, 2.24) is 24.5 Å². The summed E-state index contributed by atoms with van der Waals surface area (Å²) in [4.78, 5) is 13.6. The zero-order valence-electron chi connectivity index (χ0n) is 19.1. The summed E-state index contributed by atoms with van der Waals surface area (Å²) in [6, 6.07) is 1.89. The Kier molecular flexibility index (Phi) is 7.17. The lowest BCUT2D eigenvalue weighted by Crippen LogP contribution is -2.48. The number of piperazine rings is 1. The maximum atomic E-state index is 10.8. The molecule has 9 nitrogen and oxygen atoms in total. The molecule has 2 aromatic rings. The Bertz CT molecular complexity index is 931. The first kappa shape index (κ1) is 23.0. The van der Waals surface area contributed by atoms with Crippen LogP contribution in [-0.4, -0.2) is 67.9 Å². The number of fused-ring (bicyclic) bond motifs is 1. The number of nitrogens with two attached hydrogens (primary N) is 1. The Morgan fingerprint density at radius 3 is 2.65 bits per heavy atom. The van der Waals surface area contributed by atoms with Crippen LogP contribution >= 0.6 is 0 Å². The fraction of sp³-hybridized carbons (Fsp3) is 0.591. The van der Waals surface area contributed by atoms with Gasteiger partial charge in [-0.25, -0.2) is 4.98 Å². The van der Waals surface area contributed by atoms with Gasteiger partial charge in [-0.3, -0.25) is 4.90 Å². The lowest BCUT2D eigenvalue weighted by atomic mass is 9.84. The lowest BCUT2D eigenvalue weighted by Gasteiger charge is -2.38. The minimum absolute atomic E-state index is 0.255. The summed E-state index contributed by atoms with van der Waals surface area (Å²) in [5.74, 6) is 2.05. The first-order chi connectivity index (χ1) is 14.8. The van der Waals surface area contributed by atoms with Crippen molar-refractivity contribution in [3.63, 3.8) is 0 Å². The summed E-state index contributed by atoms with van der Waals surface area (Å²) in [5.41, 5.74) is 6.16. The molecule has 0 radical (unpaired) electrons. The van der Waals surface area contributed by atoms with Crippen LogP contribution in [0.2, 0.25) is 0 Å². The van der Waals surface area contributed by atoms with Crippen molar-refractivity contribution in [3.05, 3.63) is 30.8 Å². The average Bonchev–Trinajstić information content (AvgIpc) is 3.21. The molecule has 31 heavy (non-hydrogen) atoms. The standard InChI is InChI=1S/C22H35N7O2/c1-6-14-31-17(5)20-24-19-15-18(25-21(23)29(19)26-20)28-12-10-27(11-13-28)9-8-22(30,7-2)16(3)4/h6,14-16,30H,5,7-13H2,1-4H3,(H2,23,25)/b14-6-. The summed E-state index contributed by atoms with van der Waals surface area (Å²) in [6.45, 7) is 16.3. The van der Waals surface area contributed by atoms with Gasteiger partial charge in [-0.1, -0.05) is 33.4 Å². The Balaban J connectivity index is 1.65. The molecule has 1 aliphatic heterocycles. The molecule has 1 atom stereocenters. The molecule has 0 aliphatic carbocycles. The van der Waals surface area contributed by atoms with Gasteiger partial charge in [0.05, 0.1) is 11.9 Å². The third-order valence-electron chi connectivity index (χ3n) is 6.18. The van der Waals surface area contributed by atoms with Crippen LogP contribution in [0, 0.1) is 5.92 Å². The molecule has 1 fully saturated rings. The van der Waals surface area contributed by atoms with Gasteiger partial charge in [0, 0.05) is 38.8 Å². The van der Waals surface area contributed by atoms with Crippen LogP contribution < -0.4 is 10.6 Å². The molecule has 0 saturated carbocycles. The zero-order chi connectivity index (χ0) is 22.6. The molecular weight excluding hydrogens is 394 g/mol. The quantitative estimate of drug-likeness (QED) is 0.586. The predicted octanol–water partition coefficient (Wildman–Crippen LogP) is 2.54. The van der Waals surface area contributed by atoms with Gasteiger partial charge in [0.25, 0.3) is 0 Å². The van der Waals surface area contributed by atoms with Crippen LogP contribution in [0.1, 0.15) is 46.4 Å². The van der Waals surface area contributed by atoms with Gasteiger partial charge in [0.15, 0.2) is 11.4 Å². The highest BCUT2D eigenvalue weighted by Crippen LogP contribution is 2.26. The molecule has 0 amide bonds. The number of allylic oxidation sites excluding steroid dienone is 1. The first-order valence-corrected chi connectivity index (χ1v) is 11.0. The van der Waals surface area contributed by atoms with E-state index < -0.39 is 5.60 Å². The van der Waals surface area contributed by atoms with E-state index in [0.717, 1.165) is 51.4 Å². The maximum Gasteiger partial charge on any atom is 0.225 e. The Morgan fingerprint density at radius 2 is 2.03 bits per heavy atom. The molecule has 170 valence electrons. The minimum Gasteiger partial charge on any atom is -0.462 e. The van der Waals surface area contributed by atoms with Crippen LogP contribution in [0.3, 0.4) is 0 Å². The third kappa shape index (κ3) is 5.16. The van der Waals surface area contributed by atoms with E-state index in [9.17, 15) is 5.11 Å². The molecule has 0 bridgehead atoms. The summed E-state index contributed by atoms with van der Waals surface area (Å²) in [6.07, 6.45) is 4.86. The topological polar surface area (TPSA) is 105 Å². The Hall–Kier alpha value is -2.65. The van der Waals surface area contributed by atoms with Crippen LogP contribution in [0.25, 0.3) is 11.4 Å². The van der Waals surface area contributed by atoms with Gasteiger partial charge < -0.3 is 20.5 Å².